The van der Waals surface area contributed by atoms with Gasteiger partial charge in [-0.3, -0.25) is 9.78 Å². The summed E-state index contributed by atoms with van der Waals surface area (Å²) < 4.78 is 5.11. The topological polar surface area (TPSA) is 43.1 Å². The minimum Gasteiger partial charge on any atom is -0.461 e. The van der Waals surface area contributed by atoms with Crippen LogP contribution in [0.4, 0.5) is 0 Å². The van der Waals surface area contributed by atoms with E-state index in [-0.39, 0.29) is 5.78 Å². The molecule has 0 radical (unpaired) electrons. The molecular formula is C11H9NO2. The van der Waals surface area contributed by atoms with E-state index in [0.717, 1.165) is 11.1 Å². The maximum Gasteiger partial charge on any atom is 0.195 e. The highest BCUT2D eigenvalue weighted by Gasteiger charge is 2.11. The number of ketones is 1. The number of carbonyl (C=O) groups is 1. The number of carbonyl (C=O) groups excluding carboxylic acids is 1. The van der Waals surface area contributed by atoms with Gasteiger partial charge < -0.3 is 4.42 Å². The van der Waals surface area contributed by atoms with Gasteiger partial charge >= 0.3 is 0 Å². The molecular weight excluding hydrogens is 178 g/mol. The van der Waals surface area contributed by atoms with Crippen LogP contribution in [0.1, 0.15) is 17.5 Å². The Morgan fingerprint density at radius 3 is 2.64 bits per heavy atom. The summed E-state index contributed by atoms with van der Waals surface area (Å²) in [5, 5.41) is 0. The third kappa shape index (κ3) is 1.44. The van der Waals surface area contributed by atoms with Crippen molar-refractivity contribution < 1.29 is 9.21 Å². The van der Waals surface area contributed by atoms with Crippen molar-refractivity contribution in [1.29, 1.82) is 0 Å². The van der Waals surface area contributed by atoms with Crippen molar-refractivity contribution in [2.75, 3.05) is 0 Å². The van der Waals surface area contributed by atoms with Gasteiger partial charge in [-0.25, -0.2) is 0 Å². The number of hydrogen-bond donors (Lipinski definition) is 0. The normalized spacial score (nSPS) is 10.1. The molecule has 0 fully saturated rings. The largest absolute Gasteiger partial charge is 0.461 e. The highest BCUT2D eigenvalue weighted by atomic mass is 16.3. The molecule has 2 rings (SSSR count). The molecule has 14 heavy (non-hydrogen) atoms. The maximum atomic E-state index is 11.2. The van der Waals surface area contributed by atoms with Crippen LogP contribution in [0, 0.1) is 0 Å². The number of nitrogens with zero attached hydrogens (tertiary/aromatic N) is 1. The number of rotatable bonds is 2. The molecule has 2 heterocycles. The molecule has 0 N–H and O–H groups in total. The number of pyridine rings is 1. The summed E-state index contributed by atoms with van der Waals surface area (Å²) in [6.45, 7) is 1.49. The molecule has 0 aliphatic rings. The van der Waals surface area contributed by atoms with Crippen LogP contribution >= 0.6 is 0 Å². The van der Waals surface area contributed by atoms with Crippen LogP contribution in [0.25, 0.3) is 11.1 Å². The Morgan fingerprint density at radius 1 is 1.29 bits per heavy atom. The van der Waals surface area contributed by atoms with Gasteiger partial charge in [0.1, 0.15) is 0 Å². The van der Waals surface area contributed by atoms with E-state index in [1.165, 1.54) is 13.2 Å². The fraction of sp³-hybridized carbons (Fsp3) is 0.0909. The highest BCUT2D eigenvalue weighted by Crippen LogP contribution is 2.24. The Balaban J connectivity index is 2.52. The summed E-state index contributed by atoms with van der Waals surface area (Å²) >= 11 is 0. The summed E-state index contributed by atoms with van der Waals surface area (Å²) in [4.78, 5) is 15.1. The molecule has 0 amide bonds. The number of furan rings is 1. The molecule has 0 saturated heterocycles. The number of aromatic nitrogens is 1. The maximum absolute atomic E-state index is 11.2. The van der Waals surface area contributed by atoms with Crippen molar-refractivity contribution in [3.8, 4) is 11.1 Å². The van der Waals surface area contributed by atoms with Gasteiger partial charge in [-0.15, -0.1) is 0 Å². The molecule has 0 unspecified atom stereocenters. The first kappa shape index (κ1) is 8.69. The predicted octanol–water partition coefficient (Wildman–Crippen LogP) is 2.54. The van der Waals surface area contributed by atoms with E-state index in [1.54, 1.807) is 18.5 Å². The lowest BCUT2D eigenvalue weighted by Crippen LogP contribution is -1.91. The van der Waals surface area contributed by atoms with Crippen molar-refractivity contribution >= 4 is 5.78 Å². The van der Waals surface area contributed by atoms with E-state index in [2.05, 4.69) is 4.98 Å². The van der Waals surface area contributed by atoms with Gasteiger partial charge in [0.25, 0.3) is 0 Å². The van der Waals surface area contributed by atoms with Crippen molar-refractivity contribution in [2.45, 2.75) is 6.92 Å². The van der Waals surface area contributed by atoms with Gasteiger partial charge in [-0.1, -0.05) is 0 Å². The molecule has 70 valence electrons. The van der Waals surface area contributed by atoms with Crippen molar-refractivity contribution in [3.05, 3.63) is 42.6 Å². The first-order chi connectivity index (χ1) is 6.79. The minimum atomic E-state index is -0.0678. The average molecular weight is 187 g/mol. The Kier molecular flexibility index (Phi) is 2.14. The molecule has 0 aliphatic heterocycles. The van der Waals surface area contributed by atoms with Gasteiger partial charge in [-0.2, -0.15) is 0 Å². The number of Topliss-reactive ketones (excluding diaryl/α,β-unsaturated/α-hetero) is 1. The number of hydrogen-bond acceptors (Lipinski definition) is 3. The van der Waals surface area contributed by atoms with E-state index in [4.69, 9.17) is 4.42 Å². The van der Waals surface area contributed by atoms with Gasteiger partial charge in [-0.05, 0) is 23.8 Å². The third-order valence-corrected chi connectivity index (χ3v) is 1.98. The van der Waals surface area contributed by atoms with E-state index < -0.39 is 0 Å². The summed E-state index contributed by atoms with van der Waals surface area (Å²) in [5.41, 5.74) is 1.76. The van der Waals surface area contributed by atoms with E-state index in [0.29, 0.717) is 5.76 Å². The second kappa shape index (κ2) is 3.46. The summed E-state index contributed by atoms with van der Waals surface area (Å²) in [6, 6.07) is 5.47. The van der Waals surface area contributed by atoms with E-state index >= 15 is 0 Å². The van der Waals surface area contributed by atoms with Crippen LogP contribution in [0.5, 0.6) is 0 Å². The average Bonchev–Trinajstić information content (AvgIpc) is 2.67. The fourth-order valence-electron chi connectivity index (χ4n) is 1.34. The zero-order valence-electron chi connectivity index (χ0n) is 7.73. The Labute approximate surface area is 81.4 Å². The van der Waals surface area contributed by atoms with Gasteiger partial charge in [0.15, 0.2) is 11.5 Å². The molecule has 0 bridgehead atoms. The first-order valence-corrected chi connectivity index (χ1v) is 4.28. The summed E-state index contributed by atoms with van der Waals surface area (Å²) in [7, 11) is 0. The second-order valence-electron chi connectivity index (χ2n) is 2.96. The van der Waals surface area contributed by atoms with Crippen LogP contribution in [0.3, 0.4) is 0 Å². The Morgan fingerprint density at radius 2 is 2.00 bits per heavy atom. The quantitative estimate of drug-likeness (QED) is 0.678. The first-order valence-electron chi connectivity index (χ1n) is 4.28. The molecule has 3 heteroatoms. The molecule has 0 spiro atoms. The zero-order chi connectivity index (χ0) is 9.97. The van der Waals surface area contributed by atoms with Crippen molar-refractivity contribution in [2.24, 2.45) is 0 Å². The summed E-state index contributed by atoms with van der Waals surface area (Å²) in [6.07, 6.45) is 4.89. The Hall–Kier alpha value is -1.90. The van der Waals surface area contributed by atoms with E-state index in [1.807, 2.05) is 12.1 Å². The molecule has 0 saturated carbocycles. The van der Waals surface area contributed by atoms with Crippen LogP contribution in [-0.4, -0.2) is 10.8 Å². The van der Waals surface area contributed by atoms with E-state index in [9.17, 15) is 4.79 Å². The van der Waals surface area contributed by atoms with Crippen LogP contribution in [0.15, 0.2) is 41.3 Å². The second-order valence-corrected chi connectivity index (χ2v) is 2.96. The highest BCUT2D eigenvalue weighted by molar-refractivity contribution is 5.98. The smallest absolute Gasteiger partial charge is 0.195 e. The third-order valence-electron chi connectivity index (χ3n) is 1.98. The van der Waals surface area contributed by atoms with Gasteiger partial charge in [0.05, 0.1) is 6.26 Å². The van der Waals surface area contributed by atoms with Crippen molar-refractivity contribution in [1.82, 2.24) is 4.98 Å². The molecule has 0 aromatic carbocycles. The molecule has 0 atom stereocenters. The molecule has 2 aromatic heterocycles. The van der Waals surface area contributed by atoms with Gasteiger partial charge in [0, 0.05) is 24.9 Å². The van der Waals surface area contributed by atoms with Crippen LogP contribution in [0.2, 0.25) is 0 Å². The standard InChI is InChI=1S/C11H9NO2/c1-8(13)11-10(4-7-14-11)9-2-5-12-6-3-9/h2-7H,1H3. The SMILES string of the molecule is CC(=O)c1occc1-c1ccncc1. The lowest BCUT2D eigenvalue weighted by atomic mass is 10.1. The van der Waals surface area contributed by atoms with Gasteiger partial charge in [0.2, 0.25) is 0 Å². The zero-order valence-corrected chi connectivity index (χ0v) is 7.73. The monoisotopic (exact) mass is 187 g/mol. The van der Waals surface area contributed by atoms with Crippen LogP contribution < -0.4 is 0 Å². The van der Waals surface area contributed by atoms with Crippen LogP contribution in [-0.2, 0) is 0 Å². The predicted molar refractivity (Wildman–Crippen MR) is 51.9 cm³/mol. The Bertz CT molecular complexity index is 445. The minimum absolute atomic E-state index is 0.0678. The fourth-order valence-corrected chi connectivity index (χ4v) is 1.34. The molecule has 3 nitrogen and oxygen atoms in total. The molecule has 2 aromatic rings. The molecule has 0 aliphatic carbocycles. The summed E-state index contributed by atoms with van der Waals surface area (Å²) in [5.74, 6) is 0.331. The van der Waals surface area contributed by atoms with Crippen molar-refractivity contribution in [3.63, 3.8) is 0 Å². The lowest BCUT2D eigenvalue weighted by molar-refractivity contribution is 0.0988. The lowest BCUT2D eigenvalue weighted by Gasteiger charge is -1.98.